The van der Waals surface area contributed by atoms with Crippen molar-refractivity contribution in [2.75, 3.05) is 12.8 Å². The molecule has 0 saturated heterocycles. The van der Waals surface area contributed by atoms with Crippen LogP contribution in [0.1, 0.15) is 25.8 Å². The van der Waals surface area contributed by atoms with E-state index in [9.17, 15) is 8.42 Å². The van der Waals surface area contributed by atoms with Crippen LogP contribution in [0.3, 0.4) is 0 Å². The lowest BCUT2D eigenvalue weighted by molar-refractivity contribution is 0.470. The van der Waals surface area contributed by atoms with Gasteiger partial charge in [-0.2, -0.15) is 0 Å². The van der Waals surface area contributed by atoms with Crippen LogP contribution in [-0.4, -0.2) is 32.5 Å². The van der Waals surface area contributed by atoms with Crippen LogP contribution in [-0.2, 0) is 16.3 Å². The summed E-state index contributed by atoms with van der Waals surface area (Å²) in [6.07, 6.45) is 3.05. The molecule has 0 radical (unpaired) electrons. The number of rotatable bonds is 7. The smallest absolute Gasteiger partial charge is 0.151 e. The van der Waals surface area contributed by atoms with Crippen LogP contribution in [0.2, 0.25) is 0 Å². The molecule has 4 heteroatoms. The van der Waals surface area contributed by atoms with Crippen LogP contribution in [0.25, 0.3) is 0 Å². The van der Waals surface area contributed by atoms with E-state index in [0.29, 0.717) is 0 Å². The second kappa shape index (κ2) is 6.90. The van der Waals surface area contributed by atoms with Gasteiger partial charge in [-0.1, -0.05) is 37.3 Å². The molecule has 0 aliphatic rings. The van der Waals surface area contributed by atoms with Gasteiger partial charge in [0.25, 0.3) is 0 Å². The van der Waals surface area contributed by atoms with Gasteiger partial charge in [0.05, 0.1) is 5.25 Å². The number of nitrogens with one attached hydrogen (secondary N) is 1. The highest BCUT2D eigenvalue weighted by molar-refractivity contribution is 7.91. The molecule has 0 spiro atoms. The lowest BCUT2D eigenvalue weighted by atomic mass is 10.0. The lowest BCUT2D eigenvalue weighted by Gasteiger charge is -2.23. The molecule has 1 rings (SSSR count). The molecule has 2 atom stereocenters. The van der Waals surface area contributed by atoms with Crippen LogP contribution in [0.15, 0.2) is 30.3 Å². The molecule has 1 aromatic rings. The third-order valence-corrected chi connectivity index (χ3v) is 4.97. The van der Waals surface area contributed by atoms with Crippen LogP contribution in [0, 0.1) is 0 Å². The maximum absolute atomic E-state index is 11.6. The summed E-state index contributed by atoms with van der Waals surface area (Å²) in [6.45, 7) is 4.58. The van der Waals surface area contributed by atoms with Crippen molar-refractivity contribution in [1.29, 1.82) is 0 Å². The Morgan fingerprint density at radius 1 is 1.22 bits per heavy atom. The number of hydrogen-bond acceptors (Lipinski definition) is 3. The molecular formula is C14H23NO2S. The fraction of sp³-hybridized carbons (Fsp3) is 0.571. The number of benzene rings is 1. The molecule has 0 heterocycles. The molecule has 0 aliphatic carbocycles. The summed E-state index contributed by atoms with van der Waals surface area (Å²) in [5.41, 5.74) is 1.25. The molecule has 0 aliphatic heterocycles. The first-order valence-corrected chi connectivity index (χ1v) is 8.36. The van der Waals surface area contributed by atoms with Crippen molar-refractivity contribution in [3.05, 3.63) is 35.9 Å². The number of hydrogen-bond donors (Lipinski definition) is 1. The van der Waals surface area contributed by atoms with Gasteiger partial charge in [-0.3, -0.25) is 0 Å². The Bertz CT molecular complexity index is 442. The monoisotopic (exact) mass is 269 g/mol. The van der Waals surface area contributed by atoms with Crippen LogP contribution >= 0.6 is 0 Å². The molecule has 2 unspecified atom stereocenters. The zero-order valence-corrected chi connectivity index (χ0v) is 12.2. The molecule has 3 nitrogen and oxygen atoms in total. The average Bonchev–Trinajstić information content (AvgIpc) is 2.34. The van der Waals surface area contributed by atoms with E-state index >= 15 is 0 Å². The van der Waals surface area contributed by atoms with Gasteiger partial charge >= 0.3 is 0 Å². The first kappa shape index (κ1) is 15.2. The topological polar surface area (TPSA) is 46.2 Å². The van der Waals surface area contributed by atoms with Crippen molar-refractivity contribution in [2.45, 2.75) is 38.0 Å². The maximum atomic E-state index is 11.6. The molecule has 18 heavy (non-hydrogen) atoms. The maximum Gasteiger partial charge on any atom is 0.151 e. The Morgan fingerprint density at radius 2 is 1.83 bits per heavy atom. The predicted octanol–water partition coefficient (Wildman–Crippen LogP) is 2.03. The Balaban J connectivity index is 2.64. The summed E-state index contributed by atoms with van der Waals surface area (Å²) in [4.78, 5) is 0. The van der Waals surface area contributed by atoms with Crippen molar-refractivity contribution >= 4 is 9.84 Å². The zero-order chi connectivity index (χ0) is 13.6. The molecular weight excluding hydrogens is 246 g/mol. The lowest BCUT2D eigenvalue weighted by Crippen LogP contribution is -2.42. The highest BCUT2D eigenvalue weighted by Crippen LogP contribution is 2.12. The van der Waals surface area contributed by atoms with Crippen LogP contribution in [0.4, 0.5) is 0 Å². The SMILES string of the molecule is CCNC(CCc1ccccc1)C(C)S(C)(=O)=O. The molecule has 102 valence electrons. The van der Waals surface area contributed by atoms with Gasteiger partial charge in [0.2, 0.25) is 0 Å². The highest BCUT2D eigenvalue weighted by Gasteiger charge is 2.24. The fourth-order valence-corrected chi connectivity index (χ4v) is 2.86. The molecule has 0 bridgehead atoms. The third kappa shape index (κ3) is 4.78. The van der Waals surface area contributed by atoms with E-state index in [1.807, 2.05) is 25.1 Å². The van der Waals surface area contributed by atoms with Gasteiger partial charge in [-0.25, -0.2) is 8.42 Å². The van der Waals surface area contributed by atoms with E-state index in [0.717, 1.165) is 19.4 Å². The summed E-state index contributed by atoms with van der Waals surface area (Å²) in [5.74, 6) is 0. The molecule has 0 saturated carbocycles. The minimum Gasteiger partial charge on any atom is -0.313 e. The largest absolute Gasteiger partial charge is 0.313 e. The van der Waals surface area contributed by atoms with Crippen molar-refractivity contribution in [2.24, 2.45) is 0 Å². The van der Waals surface area contributed by atoms with Crippen molar-refractivity contribution in [3.63, 3.8) is 0 Å². The Hall–Kier alpha value is -0.870. The Labute approximate surface area is 111 Å². The Morgan fingerprint density at radius 3 is 2.33 bits per heavy atom. The van der Waals surface area contributed by atoms with Crippen LogP contribution < -0.4 is 5.32 Å². The first-order chi connectivity index (χ1) is 8.45. The molecule has 1 aromatic carbocycles. The normalized spacial score (nSPS) is 15.3. The van der Waals surface area contributed by atoms with E-state index in [2.05, 4.69) is 17.4 Å². The fourth-order valence-electron chi connectivity index (χ4n) is 2.03. The quantitative estimate of drug-likeness (QED) is 0.824. The highest BCUT2D eigenvalue weighted by atomic mass is 32.2. The second-order valence-corrected chi connectivity index (χ2v) is 7.13. The van der Waals surface area contributed by atoms with Crippen molar-refractivity contribution < 1.29 is 8.42 Å². The van der Waals surface area contributed by atoms with Crippen molar-refractivity contribution in [1.82, 2.24) is 5.32 Å². The first-order valence-electron chi connectivity index (χ1n) is 6.41. The van der Waals surface area contributed by atoms with Gasteiger partial charge in [0.1, 0.15) is 0 Å². The standard InChI is InChI=1S/C14H23NO2S/c1-4-15-14(12(2)18(3,16)17)11-10-13-8-6-5-7-9-13/h5-9,12,14-15H,4,10-11H2,1-3H3. The van der Waals surface area contributed by atoms with E-state index in [1.165, 1.54) is 11.8 Å². The van der Waals surface area contributed by atoms with Gasteiger partial charge in [-0.15, -0.1) is 0 Å². The predicted molar refractivity (Wildman–Crippen MR) is 76.5 cm³/mol. The Kier molecular flexibility index (Phi) is 5.82. The summed E-state index contributed by atoms with van der Waals surface area (Å²) >= 11 is 0. The van der Waals surface area contributed by atoms with E-state index in [1.54, 1.807) is 6.92 Å². The van der Waals surface area contributed by atoms with Gasteiger partial charge in [-0.05, 0) is 31.9 Å². The summed E-state index contributed by atoms with van der Waals surface area (Å²) in [5, 5.41) is 2.93. The van der Waals surface area contributed by atoms with Gasteiger partial charge in [0.15, 0.2) is 9.84 Å². The van der Waals surface area contributed by atoms with E-state index in [-0.39, 0.29) is 11.3 Å². The molecule has 1 N–H and O–H groups in total. The zero-order valence-electron chi connectivity index (χ0n) is 11.4. The average molecular weight is 269 g/mol. The number of aryl methyl sites for hydroxylation is 1. The number of sulfone groups is 1. The summed E-state index contributed by atoms with van der Waals surface area (Å²) in [6, 6.07) is 10.2. The van der Waals surface area contributed by atoms with E-state index in [4.69, 9.17) is 0 Å². The third-order valence-electron chi connectivity index (χ3n) is 3.30. The van der Waals surface area contributed by atoms with E-state index < -0.39 is 9.84 Å². The van der Waals surface area contributed by atoms with Crippen molar-refractivity contribution in [3.8, 4) is 0 Å². The molecule has 0 fully saturated rings. The van der Waals surface area contributed by atoms with Gasteiger partial charge in [0, 0.05) is 12.3 Å². The van der Waals surface area contributed by atoms with Gasteiger partial charge < -0.3 is 5.32 Å². The second-order valence-electron chi connectivity index (χ2n) is 4.72. The van der Waals surface area contributed by atoms with Crippen LogP contribution in [0.5, 0.6) is 0 Å². The molecule has 0 amide bonds. The minimum atomic E-state index is -2.99. The molecule has 0 aromatic heterocycles. The summed E-state index contributed by atoms with van der Waals surface area (Å²) < 4.78 is 23.2. The minimum absolute atomic E-state index is 0.0187. The summed E-state index contributed by atoms with van der Waals surface area (Å²) in [7, 11) is -2.99.